The van der Waals surface area contributed by atoms with Crippen LogP contribution in [0.25, 0.3) is 0 Å². The highest BCUT2D eigenvalue weighted by atomic mass is 35.5. The van der Waals surface area contributed by atoms with Crippen molar-refractivity contribution in [3.05, 3.63) is 112 Å². The van der Waals surface area contributed by atoms with Crippen LogP contribution in [0.5, 0.6) is 0 Å². The van der Waals surface area contributed by atoms with Gasteiger partial charge in [0.25, 0.3) is 0 Å². The maximum atomic E-state index is 13.6. The first-order valence-corrected chi connectivity index (χ1v) is 21.2. The van der Waals surface area contributed by atoms with Gasteiger partial charge >= 0.3 is 11.9 Å². The van der Waals surface area contributed by atoms with Crippen LogP contribution in [0.1, 0.15) is 63.3 Å². The number of esters is 1. The minimum absolute atomic E-state index is 0.0369. The van der Waals surface area contributed by atoms with Crippen molar-refractivity contribution >= 4 is 29.2 Å². The molecule has 58 heavy (non-hydrogen) atoms. The van der Waals surface area contributed by atoms with E-state index in [1.807, 2.05) is 13.8 Å². The predicted molar refractivity (Wildman–Crippen MR) is 222 cm³/mol. The quantitative estimate of drug-likeness (QED) is 0.153. The van der Waals surface area contributed by atoms with Gasteiger partial charge in [-0.1, -0.05) is 104 Å². The molecule has 2 saturated heterocycles. The SMILES string of the molecule is CC(=O)O[C@H]1C(C)=C[C@@H]2[C@H](C(C)CN3CCN(C(c4ccccc4)c4ccccc4)CC3)CC[C@@H](C)[C@]2(O)C1[C@H]1[C@@H](C(=O)O)N[C@@H]2ON(C)c3c(Cl)cccc3[C@@]21O. The third kappa shape index (κ3) is 6.86. The van der Waals surface area contributed by atoms with Crippen molar-refractivity contribution in [2.45, 2.75) is 76.2 Å². The van der Waals surface area contributed by atoms with Crippen LogP contribution in [0, 0.1) is 35.5 Å². The highest BCUT2D eigenvalue weighted by Gasteiger charge is 2.71. The smallest absolute Gasteiger partial charge is 0.321 e. The molecule has 0 aromatic heterocycles. The molecular weight excluding hydrogens is 756 g/mol. The Morgan fingerprint density at radius 3 is 2.19 bits per heavy atom. The molecule has 0 amide bonds. The number of aliphatic hydroxyl groups is 2. The summed E-state index contributed by atoms with van der Waals surface area (Å²) in [6.45, 7) is 12.0. The van der Waals surface area contributed by atoms with Crippen molar-refractivity contribution in [3.8, 4) is 0 Å². The van der Waals surface area contributed by atoms with Crippen LogP contribution in [0.4, 0.5) is 5.69 Å². The summed E-state index contributed by atoms with van der Waals surface area (Å²) in [7, 11) is 1.66. The van der Waals surface area contributed by atoms with Crippen LogP contribution in [0.3, 0.4) is 0 Å². The number of nitrogens with one attached hydrogen (secondary N) is 1. The molecule has 3 aromatic carbocycles. The van der Waals surface area contributed by atoms with E-state index >= 15 is 0 Å². The largest absolute Gasteiger partial charge is 0.480 e. The van der Waals surface area contributed by atoms with Crippen molar-refractivity contribution < 1.29 is 34.5 Å². The molecule has 1 saturated carbocycles. The molecule has 3 heterocycles. The Hall–Kier alpha value is -3.81. The number of carboxylic acids is 1. The summed E-state index contributed by atoms with van der Waals surface area (Å²) in [6, 6.07) is 25.3. The molecular formula is C46H57ClN4O7. The van der Waals surface area contributed by atoms with Crippen LogP contribution in [-0.4, -0.2) is 101 Å². The molecule has 0 bridgehead atoms. The summed E-state index contributed by atoms with van der Waals surface area (Å²) in [4.78, 5) is 37.5. The third-order valence-corrected chi connectivity index (χ3v) is 14.6. The number of ether oxygens (including phenoxy) is 1. The van der Waals surface area contributed by atoms with E-state index in [2.05, 4.69) is 88.8 Å². The average molecular weight is 813 g/mol. The Balaban J connectivity index is 1.11. The molecule has 5 aliphatic rings. The Kier molecular flexibility index (Phi) is 11.3. The number of hydrogen-bond acceptors (Lipinski definition) is 10. The third-order valence-electron chi connectivity index (χ3n) is 14.3. The number of fused-ring (bicyclic) bond motifs is 4. The molecule has 0 spiro atoms. The maximum Gasteiger partial charge on any atom is 0.321 e. The Bertz CT molecular complexity index is 1970. The van der Waals surface area contributed by atoms with Gasteiger partial charge in [-0.3, -0.25) is 29.7 Å². The summed E-state index contributed by atoms with van der Waals surface area (Å²) in [5.41, 5.74) is 0.585. The van der Waals surface area contributed by atoms with E-state index in [1.165, 1.54) is 23.1 Å². The second kappa shape index (κ2) is 16.0. The number of aliphatic carboxylic acids is 1. The van der Waals surface area contributed by atoms with Gasteiger partial charge in [-0.2, -0.15) is 0 Å². The predicted octanol–water partition coefficient (Wildman–Crippen LogP) is 5.85. The van der Waals surface area contributed by atoms with Gasteiger partial charge in [-0.15, -0.1) is 0 Å². The number of hydrogen-bond donors (Lipinski definition) is 4. The fraction of sp³-hybridized carbons (Fsp3) is 0.522. The second-order valence-electron chi connectivity index (χ2n) is 17.5. The van der Waals surface area contributed by atoms with E-state index in [9.17, 15) is 24.9 Å². The fourth-order valence-electron chi connectivity index (χ4n) is 11.7. The van der Waals surface area contributed by atoms with Gasteiger partial charge in [-0.05, 0) is 60.3 Å². The summed E-state index contributed by atoms with van der Waals surface area (Å²) in [6.07, 6.45) is 1.46. The number of carboxylic acid groups (broad SMARTS) is 1. The summed E-state index contributed by atoms with van der Waals surface area (Å²) >= 11 is 6.71. The lowest BCUT2D eigenvalue weighted by Crippen LogP contribution is -2.67. The zero-order valence-corrected chi connectivity index (χ0v) is 34.8. The van der Waals surface area contributed by atoms with E-state index in [0.717, 1.165) is 44.7 Å². The minimum atomic E-state index is -1.97. The summed E-state index contributed by atoms with van der Waals surface area (Å²) < 4.78 is 6.10. The first-order chi connectivity index (χ1) is 27.7. The Labute approximate surface area is 346 Å². The number of benzene rings is 3. The van der Waals surface area contributed by atoms with Gasteiger partial charge in [0.15, 0.2) is 6.23 Å². The number of halogens is 1. The molecule has 2 aliphatic carbocycles. The Morgan fingerprint density at radius 2 is 1.59 bits per heavy atom. The lowest BCUT2D eigenvalue weighted by molar-refractivity contribution is -0.227. The highest BCUT2D eigenvalue weighted by molar-refractivity contribution is 6.33. The first-order valence-electron chi connectivity index (χ1n) is 20.8. The Morgan fingerprint density at radius 1 is 0.948 bits per heavy atom. The van der Waals surface area contributed by atoms with Crippen LogP contribution in [0.2, 0.25) is 5.02 Å². The molecule has 11 nitrogen and oxygen atoms in total. The zero-order valence-electron chi connectivity index (χ0n) is 34.0. The number of rotatable bonds is 9. The standard InChI is InChI=1S/C46H57ClN4O7/c1-27-25-35-33(28(2)26-50-21-23-51(24-22-50)40(31-13-8-6-9-14-31)32-15-10-7-11-16-32)20-19-29(3)45(35,55)38(42(27)57-30(4)52)37-39(43(53)54)48-44-46(37,56)34-17-12-18-36(47)41(34)49(5)58-44/h6-18,25,28-29,33,35,37-40,42,44,48,55-56H,19-24,26H2,1-5H3,(H,53,54)/t28?,29-,33+,35-,37+,38?,39+,42+,44-,45-,46+/m1/s1. The van der Waals surface area contributed by atoms with Crippen molar-refractivity contribution in [2.75, 3.05) is 44.8 Å². The molecule has 310 valence electrons. The minimum Gasteiger partial charge on any atom is -0.480 e. The monoisotopic (exact) mass is 812 g/mol. The van der Waals surface area contributed by atoms with Gasteiger partial charge in [0.1, 0.15) is 17.7 Å². The van der Waals surface area contributed by atoms with Crippen molar-refractivity contribution in [1.29, 1.82) is 0 Å². The van der Waals surface area contributed by atoms with E-state index in [1.54, 1.807) is 25.2 Å². The van der Waals surface area contributed by atoms with Crippen LogP contribution in [-0.2, 0) is 24.8 Å². The van der Waals surface area contributed by atoms with Crippen molar-refractivity contribution in [1.82, 2.24) is 15.1 Å². The number of hydroxylamine groups is 1. The summed E-state index contributed by atoms with van der Waals surface area (Å²) in [5.74, 6) is -4.46. The molecule has 8 rings (SSSR count). The fourth-order valence-corrected chi connectivity index (χ4v) is 12.0. The molecule has 3 fully saturated rings. The van der Waals surface area contributed by atoms with Crippen LogP contribution >= 0.6 is 11.6 Å². The number of carbonyl (C=O) groups is 2. The molecule has 3 aromatic rings. The molecule has 12 heteroatoms. The van der Waals surface area contributed by atoms with Crippen LogP contribution in [0.15, 0.2) is 90.5 Å². The lowest BCUT2D eigenvalue weighted by atomic mass is 9.49. The number of nitrogens with zero attached hydrogens (tertiary/aromatic N) is 3. The number of carbonyl (C=O) groups excluding carboxylic acids is 1. The summed E-state index contributed by atoms with van der Waals surface area (Å²) in [5, 5.41) is 42.4. The zero-order chi connectivity index (χ0) is 41.1. The van der Waals surface area contributed by atoms with Gasteiger partial charge in [0.2, 0.25) is 0 Å². The van der Waals surface area contributed by atoms with Gasteiger partial charge in [-0.25, -0.2) is 0 Å². The van der Waals surface area contributed by atoms with Gasteiger partial charge < -0.3 is 25.0 Å². The van der Waals surface area contributed by atoms with Crippen molar-refractivity contribution in [3.63, 3.8) is 0 Å². The van der Waals surface area contributed by atoms with Crippen molar-refractivity contribution in [2.24, 2.45) is 35.5 Å². The molecule has 0 radical (unpaired) electrons. The first kappa shape index (κ1) is 40.9. The molecule has 3 aliphatic heterocycles. The van der Waals surface area contributed by atoms with E-state index in [-0.39, 0.29) is 23.8 Å². The highest BCUT2D eigenvalue weighted by Crippen LogP contribution is 2.62. The number of anilines is 1. The topological polar surface area (TPSA) is 135 Å². The lowest BCUT2D eigenvalue weighted by Gasteiger charge is -2.60. The van der Waals surface area contributed by atoms with E-state index in [0.29, 0.717) is 22.7 Å². The number of para-hydroxylation sites is 1. The van der Waals surface area contributed by atoms with E-state index < -0.39 is 59.3 Å². The molecule has 2 unspecified atom stereocenters. The molecule has 4 N–H and O–H groups in total. The number of piperazine rings is 1. The normalized spacial score (nSPS) is 34.4. The van der Waals surface area contributed by atoms with E-state index in [4.69, 9.17) is 21.2 Å². The average Bonchev–Trinajstić information content (AvgIpc) is 3.50. The maximum absolute atomic E-state index is 13.6. The van der Waals surface area contributed by atoms with Gasteiger partial charge in [0, 0.05) is 70.0 Å². The van der Waals surface area contributed by atoms with Crippen LogP contribution < -0.4 is 10.4 Å². The van der Waals surface area contributed by atoms with Gasteiger partial charge in [0.05, 0.1) is 22.4 Å². The second-order valence-corrected chi connectivity index (χ2v) is 17.9. The molecule has 11 atom stereocenters.